The Balaban J connectivity index is 3.40. The summed E-state index contributed by atoms with van der Waals surface area (Å²) in [4.78, 5) is 24.4. The van der Waals surface area contributed by atoms with Crippen LogP contribution in [0.1, 0.15) is 316 Å². The topological polar surface area (TPSA) is 95.9 Å². The fourth-order valence-corrected chi connectivity index (χ4v) is 8.93. The molecule has 2 atom stereocenters. The first-order valence-electron chi connectivity index (χ1n) is 28.5. The van der Waals surface area contributed by atoms with Gasteiger partial charge in [0.1, 0.15) is 0 Å². The lowest BCUT2D eigenvalue weighted by molar-refractivity contribution is -0.143. The Hall–Kier alpha value is -1.40. The summed E-state index contributed by atoms with van der Waals surface area (Å²) in [5.41, 5.74) is 0. The van der Waals surface area contributed by atoms with E-state index in [1.807, 2.05) is 6.08 Å². The first-order valence-corrected chi connectivity index (χ1v) is 28.5. The fourth-order valence-electron chi connectivity index (χ4n) is 8.93. The largest absolute Gasteiger partial charge is 0.466 e. The van der Waals surface area contributed by atoms with Gasteiger partial charge in [-0.15, -0.1) is 0 Å². The van der Waals surface area contributed by atoms with Crippen molar-refractivity contribution in [1.82, 2.24) is 5.32 Å². The lowest BCUT2D eigenvalue weighted by Crippen LogP contribution is -2.45. The molecule has 1 amide bonds. The quantitative estimate of drug-likeness (QED) is 0.0321. The van der Waals surface area contributed by atoms with Crippen LogP contribution >= 0.6 is 0 Å². The van der Waals surface area contributed by atoms with Gasteiger partial charge in [0.25, 0.3) is 0 Å². The molecule has 0 radical (unpaired) electrons. The van der Waals surface area contributed by atoms with Gasteiger partial charge < -0.3 is 20.3 Å². The highest BCUT2D eigenvalue weighted by atomic mass is 16.5. The molecule has 0 aromatic rings. The first kappa shape index (κ1) is 61.6. The number of ether oxygens (including phenoxy) is 1. The van der Waals surface area contributed by atoms with Crippen LogP contribution in [0.4, 0.5) is 0 Å². The smallest absolute Gasteiger partial charge is 0.305 e. The van der Waals surface area contributed by atoms with Crippen LogP contribution < -0.4 is 5.32 Å². The summed E-state index contributed by atoms with van der Waals surface area (Å²) >= 11 is 0. The van der Waals surface area contributed by atoms with Crippen LogP contribution in [0.2, 0.25) is 0 Å². The zero-order valence-electron chi connectivity index (χ0n) is 42.6. The third-order valence-corrected chi connectivity index (χ3v) is 13.3. The second-order valence-corrected chi connectivity index (χ2v) is 19.6. The predicted molar refractivity (Wildman–Crippen MR) is 273 cm³/mol. The third kappa shape index (κ3) is 49.9. The molecule has 0 fully saturated rings. The minimum Gasteiger partial charge on any atom is -0.466 e. The van der Waals surface area contributed by atoms with Crippen LogP contribution in [0.15, 0.2) is 12.2 Å². The van der Waals surface area contributed by atoms with Crippen LogP contribution in [0.25, 0.3) is 0 Å². The molecule has 0 saturated carbocycles. The Labute approximate surface area is 393 Å². The van der Waals surface area contributed by atoms with E-state index in [4.69, 9.17) is 4.74 Å². The number of hydrogen-bond donors (Lipinski definition) is 3. The molecule has 0 saturated heterocycles. The highest BCUT2D eigenvalue weighted by Crippen LogP contribution is 2.17. The molecular weight excluding hydrogens is 779 g/mol. The molecule has 374 valence electrons. The Morgan fingerprint density at radius 1 is 0.429 bits per heavy atom. The van der Waals surface area contributed by atoms with E-state index in [0.29, 0.717) is 19.4 Å². The highest BCUT2D eigenvalue weighted by Gasteiger charge is 2.18. The second-order valence-electron chi connectivity index (χ2n) is 19.6. The summed E-state index contributed by atoms with van der Waals surface area (Å²) in [6.07, 6.45) is 62.3. The Morgan fingerprint density at radius 2 is 0.730 bits per heavy atom. The summed E-state index contributed by atoms with van der Waals surface area (Å²) in [5, 5.41) is 23.1. The van der Waals surface area contributed by atoms with Crippen LogP contribution in [-0.2, 0) is 14.3 Å². The molecule has 63 heavy (non-hydrogen) atoms. The summed E-state index contributed by atoms with van der Waals surface area (Å²) in [6, 6.07) is -0.627. The van der Waals surface area contributed by atoms with Crippen molar-refractivity contribution in [2.75, 3.05) is 13.2 Å². The van der Waals surface area contributed by atoms with E-state index in [1.165, 1.54) is 250 Å². The van der Waals surface area contributed by atoms with Crippen molar-refractivity contribution < 1.29 is 24.5 Å². The molecule has 0 aromatic heterocycles. The van der Waals surface area contributed by atoms with Gasteiger partial charge in [0.2, 0.25) is 5.91 Å². The van der Waals surface area contributed by atoms with E-state index in [9.17, 15) is 19.8 Å². The molecule has 0 heterocycles. The van der Waals surface area contributed by atoms with Crippen LogP contribution in [0.5, 0.6) is 0 Å². The van der Waals surface area contributed by atoms with Crippen molar-refractivity contribution in [1.29, 1.82) is 0 Å². The van der Waals surface area contributed by atoms with Crippen molar-refractivity contribution in [2.24, 2.45) is 0 Å². The summed E-state index contributed by atoms with van der Waals surface area (Å²) in [5.74, 6) is -0.0563. The number of allylic oxidation sites excluding steroid dienone is 1. The molecule has 0 bridgehead atoms. The number of hydrogen-bond acceptors (Lipinski definition) is 5. The number of carbonyl (C=O) groups is 2. The molecule has 0 aliphatic carbocycles. The van der Waals surface area contributed by atoms with E-state index in [0.717, 1.165) is 38.5 Å². The van der Waals surface area contributed by atoms with Gasteiger partial charge in [-0.2, -0.15) is 0 Å². The van der Waals surface area contributed by atoms with Gasteiger partial charge in [-0.1, -0.05) is 283 Å². The van der Waals surface area contributed by atoms with Crippen LogP contribution in [0, 0.1) is 0 Å². The first-order chi connectivity index (χ1) is 31.0. The van der Waals surface area contributed by atoms with Gasteiger partial charge in [-0.3, -0.25) is 9.59 Å². The van der Waals surface area contributed by atoms with E-state index in [2.05, 4.69) is 19.2 Å². The number of carbonyl (C=O) groups excluding carboxylic acids is 2. The predicted octanol–water partition coefficient (Wildman–Crippen LogP) is 17.3. The number of aliphatic hydroxyl groups excluding tert-OH is 2. The maximum Gasteiger partial charge on any atom is 0.305 e. The molecular formula is C57H111NO5. The Kier molecular flexibility index (Phi) is 52.0. The molecule has 0 aromatic carbocycles. The average Bonchev–Trinajstić information content (AvgIpc) is 3.28. The van der Waals surface area contributed by atoms with Gasteiger partial charge >= 0.3 is 5.97 Å². The zero-order valence-corrected chi connectivity index (χ0v) is 42.6. The maximum absolute atomic E-state index is 12.4. The number of nitrogens with one attached hydrogen (secondary N) is 1. The van der Waals surface area contributed by atoms with Gasteiger partial charge in [-0.25, -0.2) is 0 Å². The number of esters is 1. The highest BCUT2D eigenvalue weighted by molar-refractivity contribution is 5.76. The summed E-state index contributed by atoms with van der Waals surface area (Å²) in [7, 11) is 0. The monoisotopic (exact) mass is 890 g/mol. The zero-order chi connectivity index (χ0) is 45.8. The van der Waals surface area contributed by atoms with Crippen LogP contribution in [0.3, 0.4) is 0 Å². The molecule has 0 aliphatic rings. The Morgan fingerprint density at radius 3 is 1.08 bits per heavy atom. The number of aliphatic hydroxyl groups is 2. The van der Waals surface area contributed by atoms with E-state index >= 15 is 0 Å². The second kappa shape index (κ2) is 53.2. The van der Waals surface area contributed by atoms with Crippen molar-refractivity contribution >= 4 is 11.9 Å². The van der Waals surface area contributed by atoms with Crippen molar-refractivity contribution in [2.45, 2.75) is 328 Å². The number of rotatable bonds is 53. The summed E-state index contributed by atoms with van der Waals surface area (Å²) in [6.45, 7) is 4.91. The molecule has 6 nitrogen and oxygen atoms in total. The SMILES string of the molecule is CCCCCCCCCCCCCC/C=C/C(O)C(CO)NC(=O)CCCCCCCCCCCCCCCCCCCCCCCOC(=O)CCCCCCCCCCCCC. The van der Waals surface area contributed by atoms with Gasteiger partial charge in [0.15, 0.2) is 0 Å². The minimum atomic E-state index is -0.843. The Bertz CT molecular complexity index is 939. The fraction of sp³-hybridized carbons (Fsp3) is 0.930. The molecule has 0 aliphatic heterocycles. The van der Waals surface area contributed by atoms with Gasteiger partial charge in [0.05, 0.1) is 25.4 Å². The standard InChI is InChI=1S/C57H111NO5/c1-3-5-7-9-11-13-15-16-26-30-33-37-41-45-49-55(60)54(53-59)58-56(61)50-46-42-38-34-31-27-24-22-20-18-17-19-21-23-25-28-32-36-40-44-48-52-63-57(62)51-47-43-39-35-29-14-12-10-8-6-4-2/h45,49,54-55,59-60H,3-44,46-48,50-53H2,1-2H3,(H,58,61)/b49-45+. The lowest BCUT2D eigenvalue weighted by atomic mass is 10.0. The van der Waals surface area contributed by atoms with Crippen molar-refractivity contribution in [3.8, 4) is 0 Å². The van der Waals surface area contributed by atoms with E-state index in [1.54, 1.807) is 6.08 Å². The molecule has 0 spiro atoms. The number of unbranched alkanes of at least 4 members (excludes halogenated alkanes) is 42. The normalized spacial score (nSPS) is 12.6. The van der Waals surface area contributed by atoms with E-state index < -0.39 is 12.1 Å². The lowest BCUT2D eigenvalue weighted by Gasteiger charge is -2.20. The van der Waals surface area contributed by atoms with Crippen LogP contribution in [-0.4, -0.2) is 47.4 Å². The molecule has 3 N–H and O–H groups in total. The molecule has 0 rings (SSSR count). The van der Waals surface area contributed by atoms with Crippen molar-refractivity contribution in [3.05, 3.63) is 12.2 Å². The van der Waals surface area contributed by atoms with Gasteiger partial charge in [0, 0.05) is 12.8 Å². The summed E-state index contributed by atoms with van der Waals surface area (Å²) < 4.78 is 5.46. The molecule has 6 heteroatoms. The minimum absolute atomic E-state index is 0.0113. The van der Waals surface area contributed by atoms with Crippen molar-refractivity contribution in [3.63, 3.8) is 0 Å². The number of amides is 1. The third-order valence-electron chi connectivity index (χ3n) is 13.3. The average molecular weight is 891 g/mol. The molecule has 2 unspecified atom stereocenters. The van der Waals surface area contributed by atoms with Gasteiger partial charge in [-0.05, 0) is 32.1 Å². The maximum atomic E-state index is 12.4. The van der Waals surface area contributed by atoms with E-state index in [-0.39, 0.29) is 18.5 Å².